The summed E-state index contributed by atoms with van der Waals surface area (Å²) >= 11 is 0. The number of unbranched alkanes of at least 4 members (excludes halogenated alkanes) is 27. The summed E-state index contributed by atoms with van der Waals surface area (Å²) in [5.74, 6) is -0.347. The number of aryl methyl sites for hydroxylation is 2. The van der Waals surface area contributed by atoms with Crippen LogP contribution in [0.4, 0.5) is 0 Å². The van der Waals surface area contributed by atoms with Gasteiger partial charge in [-0.25, -0.2) is 4.57 Å². The van der Waals surface area contributed by atoms with Gasteiger partial charge in [0.25, 0.3) is 5.91 Å². The third-order valence-corrected chi connectivity index (χ3v) is 12.7. The van der Waals surface area contributed by atoms with Crippen LogP contribution in [0.2, 0.25) is 0 Å². The molecular formula is C48H90N4O2+2. The predicted molar refractivity (Wildman–Crippen MR) is 230 cm³/mol. The molecule has 1 fully saturated rings. The van der Waals surface area contributed by atoms with E-state index in [1.54, 1.807) is 0 Å². The maximum Gasteiger partial charge on any atom is 0.254 e. The number of rotatable bonds is 37. The van der Waals surface area contributed by atoms with E-state index >= 15 is 0 Å². The van der Waals surface area contributed by atoms with Crippen molar-refractivity contribution in [3.63, 3.8) is 0 Å². The molecule has 2 heterocycles. The average Bonchev–Trinajstić information content (AvgIpc) is 3.17. The topological polar surface area (TPSA) is 90.1 Å². The number of amides is 2. The molecule has 2 amide bonds. The quantitative estimate of drug-likeness (QED) is 0.0402. The highest BCUT2D eigenvalue weighted by Crippen LogP contribution is 2.26. The van der Waals surface area contributed by atoms with Crippen molar-refractivity contribution in [2.24, 2.45) is 17.4 Å². The fraction of sp³-hybridized carbons (Fsp3) is 0.854. The van der Waals surface area contributed by atoms with E-state index in [2.05, 4.69) is 24.5 Å². The summed E-state index contributed by atoms with van der Waals surface area (Å²) in [4.78, 5) is 24.1. The number of aromatic nitrogens is 1. The summed E-state index contributed by atoms with van der Waals surface area (Å²) in [5, 5.41) is 0. The molecule has 6 nitrogen and oxygen atoms in total. The van der Waals surface area contributed by atoms with Gasteiger partial charge in [0.2, 0.25) is 5.91 Å². The minimum Gasteiger partial charge on any atom is -0.369 e. The van der Waals surface area contributed by atoms with Crippen molar-refractivity contribution in [3.05, 3.63) is 29.6 Å². The van der Waals surface area contributed by atoms with Crippen LogP contribution in [0, 0.1) is 5.92 Å². The van der Waals surface area contributed by atoms with E-state index in [-0.39, 0.29) is 17.7 Å². The SMILES string of the molecule is CCCCCCCCCCCCCC[n+]1cc(C(N)=O)ccc1CCCCCCCC[N+]1(CCCCCCCCCCCCCC)CCCC(C(N)=O)C1. The van der Waals surface area contributed by atoms with E-state index < -0.39 is 0 Å². The molecule has 0 bridgehead atoms. The first-order valence-corrected chi connectivity index (χ1v) is 23.9. The number of pyridine rings is 1. The fourth-order valence-electron chi connectivity index (χ4n) is 9.10. The molecule has 1 aliphatic heterocycles. The molecule has 2 unspecified atom stereocenters. The normalized spacial score (nSPS) is 17.3. The summed E-state index contributed by atoms with van der Waals surface area (Å²) in [6.45, 7) is 10.2. The number of primary amides is 2. The monoisotopic (exact) mass is 755 g/mol. The molecule has 1 aromatic heterocycles. The van der Waals surface area contributed by atoms with Gasteiger partial charge >= 0.3 is 0 Å². The van der Waals surface area contributed by atoms with Crippen molar-refractivity contribution >= 4 is 11.8 Å². The zero-order valence-electron chi connectivity index (χ0n) is 36.0. The highest BCUT2D eigenvalue weighted by Gasteiger charge is 2.36. The van der Waals surface area contributed by atoms with E-state index in [0.717, 1.165) is 43.3 Å². The van der Waals surface area contributed by atoms with Crippen LogP contribution in [0.5, 0.6) is 0 Å². The molecule has 312 valence electrons. The average molecular weight is 755 g/mol. The lowest BCUT2D eigenvalue weighted by molar-refractivity contribution is -0.935. The molecule has 1 saturated heterocycles. The van der Waals surface area contributed by atoms with E-state index in [1.165, 1.54) is 212 Å². The maximum atomic E-state index is 12.2. The standard InChI is InChI=1S/C48H88N4O2/c1-3-5-7-9-11-13-15-17-19-22-26-30-38-51-42-44(47(49)53)36-37-46(51)35-29-25-21-24-28-32-40-52(41-33-34-45(43-52)48(50)54)39-31-27-23-20-18-16-14-12-10-8-6-4-2/h36-37,42,45H,3-35,38-41,43H2,1-2H3,(H2-2,49,50,53,54)/p+2. The molecule has 0 aliphatic carbocycles. The van der Waals surface area contributed by atoms with Crippen LogP contribution in [-0.2, 0) is 17.8 Å². The number of nitrogens with zero attached hydrogens (tertiary/aromatic N) is 2. The summed E-state index contributed by atoms with van der Waals surface area (Å²) in [7, 11) is 0. The van der Waals surface area contributed by atoms with Crippen molar-refractivity contribution in [2.75, 3.05) is 26.2 Å². The number of carbonyl (C=O) groups is 2. The van der Waals surface area contributed by atoms with Gasteiger partial charge in [-0.1, -0.05) is 162 Å². The molecule has 0 aromatic carbocycles. The van der Waals surface area contributed by atoms with Crippen LogP contribution in [0.25, 0.3) is 0 Å². The van der Waals surface area contributed by atoms with Gasteiger partial charge in [0.15, 0.2) is 11.9 Å². The predicted octanol–water partition coefficient (Wildman–Crippen LogP) is 12.1. The zero-order valence-corrected chi connectivity index (χ0v) is 36.0. The molecule has 6 heteroatoms. The van der Waals surface area contributed by atoms with Gasteiger partial charge in [-0.3, -0.25) is 9.59 Å². The Bertz CT molecular complexity index is 1080. The number of piperidine rings is 1. The van der Waals surface area contributed by atoms with Gasteiger partial charge < -0.3 is 16.0 Å². The number of nitrogens with two attached hydrogens (primary N) is 2. The van der Waals surface area contributed by atoms with Crippen LogP contribution in [-0.4, -0.2) is 42.5 Å². The number of carbonyl (C=O) groups excluding carboxylic acids is 2. The number of hydrogen-bond donors (Lipinski definition) is 2. The molecule has 4 N–H and O–H groups in total. The maximum absolute atomic E-state index is 12.2. The van der Waals surface area contributed by atoms with E-state index in [4.69, 9.17) is 11.5 Å². The first-order valence-electron chi connectivity index (χ1n) is 23.9. The van der Waals surface area contributed by atoms with Crippen molar-refractivity contribution < 1.29 is 18.6 Å². The molecule has 54 heavy (non-hydrogen) atoms. The van der Waals surface area contributed by atoms with Crippen LogP contribution < -0.4 is 16.0 Å². The lowest BCUT2D eigenvalue weighted by Gasteiger charge is -2.44. The van der Waals surface area contributed by atoms with Gasteiger partial charge in [-0.05, 0) is 57.4 Å². The molecule has 1 aromatic rings. The lowest BCUT2D eigenvalue weighted by Crippen LogP contribution is -2.57. The fourth-order valence-corrected chi connectivity index (χ4v) is 9.10. The Morgan fingerprint density at radius 2 is 1.02 bits per heavy atom. The minimum atomic E-state index is -0.335. The molecule has 0 radical (unpaired) electrons. The summed E-state index contributed by atoms with van der Waals surface area (Å²) < 4.78 is 3.44. The summed E-state index contributed by atoms with van der Waals surface area (Å²) in [6, 6.07) is 4.05. The van der Waals surface area contributed by atoms with Gasteiger partial charge in [0.05, 0.1) is 32.1 Å². The van der Waals surface area contributed by atoms with E-state index in [0.29, 0.717) is 5.56 Å². The van der Waals surface area contributed by atoms with Crippen LogP contribution in [0.1, 0.15) is 235 Å². The molecule has 2 rings (SSSR count). The van der Waals surface area contributed by atoms with Crippen molar-refractivity contribution in [1.29, 1.82) is 0 Å². The Kier molecular flexibility index (Phi) is 28.7. The smallest absolute Gasteiger partial charge is 0.254 e. The molecule has 0 saturated carbocycles. The summed E-state index contributed by atoms with van der Waals surface area (Å²) in [6.07, 6.45) is 45.6. The van der Waals surface area contributed by atoms with Crippen LogP contribution >= 0.6 is 0 Å². The Morgan fingerprint density at radius 1 is 0.593 bits per heavy atom. The third-order valence-electron chi connectivity index (χ3n) is 12.7. The summed E-state index contributed by atoms with van der Waals surface area (Å²) in [5.41, 5.74) is 13.5. The van der Waals surface area contributed by atoms with Crippen molar-refractivity contribution in [1.82, 2.24) is 0 Å². The highest BCUT2D eigenvalue weighted by atomic mass is 16.1. The second kappa shape index (κ2) is 32.2. The number of hydrogen-bond acceptors (Lipinski definition) is 2. The molecule has 2 atom stereocenters. The van der Waals surface area contributed by atoms with Crippen molar-refractivity contribution in [2.45, 2.75) is 232 Å². The Morgan fingerprint density at radius 3 is 1.46 bits per heavy atom. The highest BCUT2D eigenvalue weighted by molar-refractivity contribution is 5.92. The van der Waals surface area contributed by atoms with Crippen molar-refractivity contribution in [3.8, 4) is 0 Å². The van der Waals surface area contributed by atoms with Gasteiger partial charge in [0.1, 0.15) is 12.1 Å². The number of likely N-dealkylation sites (tertiary alicyclic amines) is 1. The minimum absolute atomic E-state index is 0.0654. The zero-order chi connectivity index (χ0) is 39.0. The van der Waals surface area contributed by atoms with Crippen LogP contribution in [0.15, 0.2) is 18.3 Å². The molecule has 1 aliphatic rings. The van der Waals surface area contributed by atoms with Crippen LogP contribution in [0.3, 0.4) is 0 Å². The Balaban J connectivity index is 1.64. The van der Waals surface area contributed by atoms with E-state index in [1.807, 2.05) is 12.3 Å². The van der Waals surface area contributed by atoms with Gasteiger partial charge in [-0.15, -0.1) is 0 Å². The Hall–Kier alpha value is -1.95. The first kappa shape index (κ1) is 48.2. The second-order valence-corrected chi connectivity index (χ2v) is 17.6. The lowest BCUT2D eigenvalue weighted by atomic mass is 9.93. The van der Waals surface area contributed by atoms with Gasteiger partial charge in [-0.2, -0.15) is 0 Å². The van der Waals surface area contributed by atoms with Gasteiger partial charge in [0, 0.05) is 18.9 Å². The second-order valence-electron chi connectivity index (χ2n) is 17.6. The largest absolute Gasteiger partial charge is 0.369 e. The molecular weight excluding hydrogens is 665 g/mol. The third kappa shape index (κ3) is 23.2. The number of quaternary nitrogens is 1. The Labute approximate surface area is 335 Å². The first-order chi connectivity index (χ1) is 26.4. The molecule has 0 spiro atoms. The van der Waals surface area contributed by atoms with E-state index in [9.17, 15) is 9.59 Å².